The quantitative estimate of drug-likeness (QED) is 0.526. The van der Waals surface area contributed by atoms with Crippen molar-refractivity contribution < 1.29 is 13.6 Å². The van der Waals surface area contributed by atoms with Gasteiger partial charge in [-0.3, -0.25) is 0 Å². The fourth-order valence-corrected chi connectivity index (χ4v) is 2.08. The van der Waals surface area contributed by atoms with Gasteiger partial charge in [-0.05, 0) is 0 Å². The van der Waals surface area contributed by atoms with E-state index in [0.717, 1.165) is 0 Å². The first-order chi connectivity index (χ1) is 5.22. The van der Waals surface area contributed by atoms with Gasteiger partial charge in [0, 0.05) is 16.3 Å². The van der Waals surface area contributed by atoms with Gasteiger partial charge in [0.15, 0.2) is 0 Å². The molecule has 64 valence electrons. The SMILES string of the molecule is O=[P+]1OCC(CCl)(CCl)CO1. The summed E-state index contributed by atoms with van der Waals surface area (Å²) < 4.78 is 20.2. The Labute approximate surface area is 75.9 Å². The second kappa shape index (κ2) is 4.01. The van der Waals surface area contributed by atoms with Crippen molar-refractivity contribution in [2.45, 2.75) is 0 Å². The van der Waals surface area contributed by atoms with Gasteiger partial charge in [-0.15, -0.1) is 32.2 Å². The van der Waals surface area contributed by atoms with Gasteiger partial charge < -0.3 is 0 Å². The first-order valence-corrected chi connectivity index (χ1v) is 5.24. The molecule has 0 aromatic rings. The Morgan fingerprint density at radius 3 is 2.09 bits per heavy atom. The molecule has 3 nitrogen and oxygen atoms in total. The average molecular weight is 218 g/mol. The lowest BCUT2D eigenvalue weighted by atomic mass is 9.96. The summed E-state index contributed by atoms with van der Waals surface area (Å²) in [4.78, 5) is 0. The maximum atomic E-state index is 10.6. The minimum atomic E-state index is -1.93. The van der Waals surface area contributed by atoms with Gasteiger partial charge in [0.25, 0.3) is 0 Å². The molecule has 0 amide bonds. The Bertz CT molecular complexity index is 148. The van der Waals surface area contributed by atoms with Crippen LogP contribution in [0.15, 0.2) is 0 Å². The predicted molar refractivity (Wildman–Crippen MR) is 43.4 cm³/mol. The summed E-state index contributed by atoms with van der Waals surface area (Å²) in [7, 11) is -1.93. The number of halogens is 2. The van der Waals surface area contributed by atoms with Crippen molar-refractivity contribution in [2.75, 3.05) is 25.0 Å². The van der Waals surface area contributed by atoms with E-state index < -0.39 is 8.25 Å². The van der Waals surface area contributed by atoms with Crippen LogP contribution >= 0.6 is 31.5 Å². The first kappa shape index (κ1) is 9.69. The molecule has 0 aromatic carbocycles. The minimum Gasteiger partial charge on any atom is -0.126 e. The largest absolute Gasteiger partial charge is 0.697 e. The monoisotopic (exact) mass is 217 g/mol. The molecule has 1 saturated heterocycles. The van der Waals surface area contributed by atoms with Gasteiger partial charge in [-0.2, -0.15) is 0 Å². The van der Waals surface area contributed by atoms with Gasteiger partial charge in [-0.25, -0.2) is 0 Å². The molecular formula is C5H8Cl2O3P+. The Hall–Kier alpha value is 0.600. The Morgan fingerprint density at radius 1 is 1.27 bits per heavy atom. The van der Waals surface area contributed by atoms with Crippen molar-refractivity contribution in [3.63, 3.8) is 0 Å². The topological polar surface area (TPSA) is 35.5 Å². The molecule has 0 spiro atoms. The second-order valence-corrected chi connectivity index (χ2v) is 4.04. The molecule has 0 radical (unpaired) electrons. The Kier molecular flexibility index (Phi) is 3.53. The van der Waals surface area contributed by atoms with E-state index in [2.05, 4.69) is 0 Å². The highest BCUT2D eigenvalue weighted by atomic mass is 35.5. The molecule has 6 heteroatoms. The molecule has 1 rings (SSSR count). The highest BCUT2D eigenvalue weighted by molar-refractivity contribution is 7.33. The Morgan fingerprint density at radius 2 is 1.73 bits per heavy atom. The highest BCUT2D eigenvalue weighted by Gasteiger charge is 2.42. The van der Waals surface area contributed by atoms with Gasteiger partial charge in [0.2, 0.25) is 0 Å². The number of hydrogen-bond donors (Lipinski definition) is 0. The molecule has 0 atom stereocenters. The van der Waals surface area contributed by atoms with Crippen LogP contribution in [0.1, 0.15) is 0 Å². The predicted octanol–water partition coefficient (Wildman–Crippen LogP) is 2.15. The molecule has 0 aromatic heterocycles. The van der Waals surface area contributed by atoms with Crippen molar-refractivity contribution in [3.05, 3.63) is 0 Å². The van der Waals surface area contributed by atoms with Gasteiger partial charge in [0.1, 0.15) is 13.2 Å². The molecule has 0 aliphatic carbocycles. The van der Waals surface area contributed by atoms with E-state index in [9.17, 15) is 4.57 Å². The zero-order valence-electron chi connectivity index (χ0n) is 5.76. The summed E-state index contributed by atoms with van der Waals surface area (Å²) in [6.07, 6.45) is 0. The van der Waals surface area contributed by atoms with Crippen LogP contribution in [0.5, 0.6) is 0 Å². The van der Waals surface area contributed by atoms with E-state index in [4.69, 9.17) is 32.2 Å². The van der Waals surface area contributed by atoms with Crippen LogP contribution in [-0.4, -0.2) is 25.0 Å². The number of hydrogen-bond acceptors (Lipinski definition) is 3. The third kappa shape index (κ3) is 2.27. The van der Waals surface area contributed by atoms with Crippen LogP contribution in [0.4, 0.5) is 0 Å². The fourth-order valence-electron chi connectivity index (χ4n) is 0.648. The molecular weight excluding hydrogens is 210 g/mol. The normalized spacial score (nSPS) is 23.6. The van der Waals surface area contributed by atoms with Crippen LogP contribution in [0, 0.1) is 5.41 Å². The van der Waals surface area contributed by atoms with E-state index in [1.54, 1.807) is 0 Å². The Balaban J connectivity index is 2.52. The van der Waals surface area contributed by atoms with E-state index >= 15 is 0 Å². The van der Waals surface area contributed by atoms with Crippen LogP contribution in [0.2, 0.25) is 0 Å². The third-order valence-corrected chi connectivity index (χ3v) is 3.33. The molecule has 1 heterocycles. The first-order valence-electron chi connectivity index (χ1n) is 3.07. The lowest BCUT2D eigenvalue weighted by molar-refractivity contribution is 0.0584. The van der Waals surface area contributed by atoms with Crippen LogP contribution in [-0.2, 0) is 13.6 Å². The van der Waals surface area contributed by atoms with Crippen molar-refractivity contribution in [1.29, 1.82) is 0 Å². The molecule has 1 aliphatic heterocycles. The van der Waals surface area contributed by atoms with Crippen LogP contribution in [0.25, 0.3) is 0 Å². The summed E-state index contributed by atoms with van der Waals surface area (Å²) in [5, 5.41) is 0. The molecule has 0 unspecified atom stereocenters. The molecule has 0 saturated carbocycles. The summed E-state index contributed by atoms with van der Waals surface area (Å²) in [5.41, 5.74) is -0.355. The smallest absolute Gasteiger partial charge is 0.126 e. The fraction of sp³-hybridized carbons (Fsp3) is 1.00. The third-order valence-electron chi connectivity index (χ3n) is 1.52. The summed E-state index contributed by atoms with van der Waals surface area (Å²) in [5.74, 6) is 0.722. The number of rotatable bonds is 2. The zero-order valence-corrected chi connectivity index (χ0v) is 8.16. The highest BCUT2D eigenvalue weighted by Crippen LogP contribution is 2.38. The van der Waals surface area contributed by atoms with Gasteiger partial charge in [-0.1, -0.05) is 0 Å². The lowest BCUT2D eigenvalue weighted by Gasteiger charge is -2.25. The summed E-state index contributed by atoms with van der Waals surface area (Å²) in [6.45, 7) is 0.629. The molecule has 0 N–H and O–H groups in total. The van der Waals surface area contributed by atoms with Gasteiger partial charge >= 0.3 is 8.25 Å². The van der Waals surface area contributed by atoms with E-state index in [-0.39, 0.29) is 5.41 Å². The van der Waals surface area contributed by atoms with Crippen LogP contribution < -0.4 is 0 Å². The second-order valence-electron chi connectivity index (χ2n) is 2.54. The standard InChI is InChI=1S/C5H8Cl2O3P/c6-1-5(2-7)3-9-11(8)10-4-5/h1-4H2/q+1. The maximum Gasteiger partial charge on any atom is 0.697 e. The van der Waals surface area contributed by atoms with Crippen molar-refractivity contribution in [1.82, 2.24) is 0 Å². The van der Waals surface area contributed by atoms with Crippen molar-refractivity contribution in [3.8, 4) is 0 Å². The molecule has 0 bridgehead atoms. The molecule has 1 aliphatic rings. The number of alkyl halides is 2. The van der Waals surface area contributed by atoms with Gasteiger partial charge in [0.05, 0.1) is 5.41 Å². The molecule has 1 fully saturated rings. The van der Waals surface area contributed by atoms with Crippen LogP contribution in [0.3, 0.4) is 0 Å². The van der Waals surface area contributed by atoms with E-state index in [1.165, 1.54) is 0 Å². The summed E-state index contributed by atoms with van der Waals surface area (Å²) in [6, 6.07) is 0. The van der Waals surface area contributed by atoms with Crippen molar-refractivity contribution >= 4 is 31.5 Å². The maximum absolute atomic E-state index is 10.6. The lowest BCUT2D eigenvalue weighted by Crippen LogP contribution is -2.37. The van der Waals surface area contributed by atoms with E-state index in [0.29, 0.717) is 25.0 Å². The zero-order chi connectivity index (χ0) is 8.32. The summed E-state index contributed by atoms with van der Waals surface area (Å²) >= 11 is 11.3. The minimum absolute atomic E-state index is 0.315. The van der Waals surface area contributed by atoms with E-state index in [1.807, 2.05) is 0 Å². The molecule has 11 heavy (non-hydrogen) atoms. The average Bonchev–Trinajstić information content (AvgIpc) is 2.07. The van der Waals surface area contributed by atoms with Crippen molar-refractivity contribution in [2.24, 2.45) is 5.41 Å².